The molecule has 8 unspecified atom stereocenters. The zero-order valence-corrected chi connectivity index (χ0v) is 19.7. The van der Waals surface area contributed by atoms with Gasteiger partial charge in [0.2, 0.25) is 11.8 Å². The molecular formula is C24H36N2O2S2. The lowest BCUT2D eigenvalue weighted by Crippen LogP contribution is -2.39. The maximum atomic E-state index is 13.1. The summed E-state index contributed by atoms with van der Waals surface area (Å²) in [6.07, 6.45) is 12.3. The predicted molar refractivity (Wildman–Crippen MR) is 123 cm³/mol. The number of nitrogens with zero attached hydrogens (tertiary/aromatic N) is 2. The third kappa shape index (κ3) is 3.52. The fourth-order valence-electron chi connectivity index (χ4n) is 7.85. The van der Waals surface area contributed by atoms with E-state index in [1.807, 2.05) is 0 Å². The van der Waals surface area contributed by atoms with Gasteiger partial charge in [0.25, 0.3) is 0 Å². The van der Waals surface area contributed by atoms with Gasteiger partial charge in [0, 0.05) is 48.5 Å². The Hall–Kier alpha value is -0.360. The number of fused-ring (bicyclic) bond motifs is 4. The van der Waals surface area contributed by atoms with Gasteiger partial charge in [-0.1, -0.05) is 21.6 Å². The maximum absolute atomic E-state index is 13.1. The molecule has 2 amide bonds. The first-order valence-corrected chi connectivity index (χ1v) is 14.8. The third-order valence-electron chi connectivity index (χ3n) is 9.28. The normalized spacial score (nSPS) is 44.5. The molecular weight excluding hydrogens is 412 g/mol. The Morgan fingerprint density at radius 2 is 0.967 bits per heavy atom. The van der Waals surface area contributed by atoms with Crippen LogP contribution in [-0.2, 0) is 9.59 Å². The van der Waals surface area contributed by atoms with E-state index < -0.39 is 0 Å². The lowest BCUT2D eigenvalue weighted by Gasteiger charge is -2.33. The van der Waals surface area contributed by atoms with Crippen molar-refractivity contribution in [1.29, 1.82) is 0 Å². The van der Waals surface area contributed by atoms with Gasteiger partial charge in [-0.25, -0.2) is 0 Å². The van der Waals surface area contributed by atoms with Crippen LogP contribution >= 0.6 is 21.6 Å². The zero-order valence-electron chi connectivity index (χ0n) is 18.0. The number of rotatable bonds is 5. The van der Waals surface area contributed by atoms with Crippen LogP contribution in [0.2, 0.25) is 0 Å². The Labute approximate surface area is 189 Å². The summed E-state index contributed by atoms with van der Waals surface area (Å²) in [6.45, 7) is 3.99. The molecule has 0 spiro atoms. The Bertz CT molecular complexity index is 633. The van der Waals surface area contributed by atoms with E-state index in [0.717, 1.165) is 50.9 Å². The Kier molecular flexibility index (Phi) is 5.54. The van der Waals surface area contributed by atoms with Gasteiger partial charge in [-0.15, -0.1) is 0 Å². The molecule has 2 saturated heterocycles. The molecule has 30 heavy (non-hydrogen) atoms. The number of hydrogen-bond acceptors (Lipinski definition) is 4. The number of carbonyl (C=O) groups excluding carboxylic acids is 2. The quantitative estimate of drug-likeness (QED) is 0.583. The van der Waals surface area contributed by atoms with Crippen molar-refractivity contribution in [3.8, 4) is 0 Å². The van der Waals surface area contributed by atoms with Gasteiger partial charge in [0.1, 0.15) is 0 Å². The van der Waals surface area contributed by atoms with E-state index in [4.69, 9.17) is 0 Å². The smallest absolute Gasteiger partial charge is 0.226 e. The third-order valence-corrected chi connectivity index (χ3v) is 12.8. The highest BCUT2D eigenvalue weighted by Gasteiger charge is 2.53. The van der Waals surface area contributed by atoms with Gasteiger partial charge in [-0.2, -0.15) is 0 Å². The molecule has 8 atom stereocenters. The fourth-order valence-corrected chi connectivity index (χ4v) is 11.9. The largest absolute Gasteiger partial charge is 0.342 e. The van der Waals surface area contributed by atoms with E-state index >= 15 is 0 Å². The maximum Gasteiger partial charge on any atom is 0.226 e. The molecule has 4 saturated carbocycles. The van der Waals surface area contributed by atoms with E-state index in [-0.39, 0.29) is 0 Å². The van der Waals surface area contributed by atoms with Crippen LogP contribution < -0.4 is 0 Å². The first-order chi connectivity index (χ1) is 14.7. The Balaban J connectivity index is 1.05. The molecule has 2 aliphatic heterocycles. The molecule has 6 fully saturated rings. The molecule has 4 bridgehead atoms. The van der Waals surface area contributed by atoms with Gasteiger partial charge >= 0.3 is 0 Å². The van der Waals surface area contributed by atoms with Gasteiger partial charge < -0.3 is 9.80 Å². The van der Waals surface area contributed by atoms with Gasteiger partial charge in [-0.3, -0.25) is 9.59 Å². The number of carbonyl (C=O) groups is 2. The molecule has 166 valence electrons. The second kappa shape index (κ2) is 8.20. The zero-order chi connectivity index (χ0) is 20.2. The Morgan fingerprint density at radius 1 is 0.567 bits per heavy atom. The summed E-state index contributed by atoms with van der Waals surface area (Å²) in [7, 11) is 4.23. The molecule has 6 heteroatoms. The van der Waals surface area contributed by atoms with Crippen LogP contribution in [0.4, 0.5) is 0 Å². The average Bonchev–Trinajstić information content (AvgIpc) is 3.60. The molecule has 2 heterocycles. The van der Waals surface area contributed by atoms with Crippen molar-refractivity contribution in [2.75, 3.05) is 26.2 Å². The number of hydrogen-bond donors (Lipinski definition) is 0. The van der Waals surface area contributed by atoms with E-state index in [0.29, 0.717) is 46.0 Å². The summed E-state index contributed by atoms with van der Waals surface area (Å²) < 4.78 is 0. The van der Waals surface area contributed by atoms with Crippen LogP contribution in [0.25, 0.3) is 0 Å². The second-order valence-corrected chi connectivity index (χ2v) is 13.8. The number of likely N-dealkylation sites (tertiary alicyclic amines) is 2. The van der Waals surface area contributed by atoms with Crippen LogP contribution in [0.15, 0.2) is 0 Å². The molecule has 0 N–H and O–H groups in total. The molecule has 0 aromatic heterocycles. The molecule has 0 aromatic carbocycles. The second-order valence-electron chi connectivity index (χ2n) is 11.0. The predicted octanol–water partition coefficient (Wildman–Crippen LogP) is 4.44. The van der Waals surface area contributed by atoms with Crippen LogP contribution in [0.3, 0.4) is 0 Å². The highest BCUT2D eigenvalue weighted by molar-refractivity contribution is 8.77. The minimum Gasteiger partial charge on any atom is -0.342 e. The lowest BCUT2D eigenvalue weighted by molar-refractivity contribution is -0.136. The Morgan fingerprint density at radius 3 is 1.33 bits per heavy atom. The summed E-state index contributed by atoms with van der Waals surface area (Å²) in [5.41, 5.74) is 0. The molecule has 4 nitrogen and oxygen atoms in total. The van der Waals surface area contributed by atoms with Crippen molar-refractivity contribution in [1.82, 2.24) is 9.80 Å². The van der Waals surface area contributed by atoms with Gasteiger partial charge in [0.05, 0.1) is 0 Å². The molecule has 0 aromatic rings. The van der Waals surface area contributed by atoms with Crippen molar-refractivity contribution in [3.05, 3.63) is 0 Å². The van der Waals surface area contributed by atoms with Crippen LogP contribution in [0, 0.1) is 35.5 Å². The van der Waals surface area contributed by atoms with Crippen LogP contribution in [-0.4, -0.2) is 58.3 Å². The molecule has 0 radical (unpaired) electrons. The van der Waals surface area contributed by atoms with Crippen molar-refractivity contribution in [3.63, 3.8) is 0 Å². The highest BCUT2D eigenvalue weighted by atomic mass is 33.1. The van der Waals surface area contributed by atoms with E-state index in [1.165, 1.54) is 51.4 Å². The van der Waals surface area contributed by atoms with Crippen LogP contribution in [0.5, 0.6) is 0 Å². The minimum atomic E-state index is 0.310. The first kappa shape index (κ1) is 20.3. The molecule has 6 rings (SSSR count). The first-order valence-electron chi connectivity index (χ1n) is 12.6. The monoisotopic (exact) mass is 448 g/mol. The summed E-state index contributed by atoms with van der Waals surface area (Å²) in [5, 5.41) is 1.33. The van der Waals surface area contributed by atoms with Crippen molar-refractivity contribution < 1.29 is 9.59 Å². The topological polar surface area (TPSA) is 40.6 Å². The summed E-state index contributed by atoms with van der Waals surface area (Å²) in [5.74, 6) is 4.37. The fraction of sp³-hybridized carbons (Fsp3) is 0.917. The van der Waals surface area contributed by atoms with Crippen molar-refractivity contribution >= 4 is 33.4 Å². The summed E-state index contributed by atoms with van der Waals surface area (Å²) in [6, 6.07) is 0. The average molecular weight is 449 g/mol. The molecule has 4 aliphatic carbocycles. The van der Waals surface area contributed by atoms with Gasteiger partial charge in [0.15, 0.2) is 0 Å². The van der Waals surface area contributed by atoms with E-state index in [2.05, 4.69) is 31.4 Å². The summed E-state index contributed by atoms with van der Waals surface area (Å²) >= 11 is 0. The highest BCUT2D eigenvalue weighted by Crippen LogP contribution is 2.60. The number of amides is 2. The van der Waals surface area contributed by atoms with Gasteiger partial charge in [-0.05, 0) is 87.9 Å². The van der Waals surface area contributed by atoms with E-state index in [9.17, 15) is 9.59 Å². The SMILES string of the molecule is O=C(C1CC2CC(SSC3CC4CC(C(=O)N5CCCC5)C3C4)C1C2)N1CCCC1. The van der Waals surface area contributed by atoms with Crippen molar-refractivity contribution in [2.24, 2.45) is 35.5 Å². The minimum absolute atomic E-state index is 0.310. The lowest BCUT2D eigenvalue weighted by atomic mass is 9.87. The van der Waals surface area contributed by atoms with Crippen molar-refractivity contribution in [2.45, 2.75) is 74.7 Å². The van der Waals surface area contributed by atoms with E-state index in [1.54, 1.807) is 0 Å². The standard InChI is InChI=1S/C24H36N2O2S2/c27-23(25-5-1-2-6-25)19-11-15-9-17(19)21(13-15)29-30-22-14-16-10-18(22)20(12-16)24(28)26-7-3-4-8-26/h15-22H,1-14H2. The van der Waals surface area contributed by atoms with Crippen LogP contribution in [0.1, 0.15) is 64.2 Å². The molecule has 6 aliphatic rings. The summed E-state index contributed by atoms with van der Waals surface area (Å²) in [4.78, 5) is 30.4.